The van der Waals surface area contributed by atoms with E-state index in [4.69, 9.17) is 34.5 Å². The first kappa shape index (κ1) is 60.4. The van der Waals surface area contributed by atoms with Gasteiger partial charge in [-0.25, -0.2) is 4.79 Å². The largest absolute Gasteiger partial charge is 0.469 e. The minimum absolute atomic E-state index is 0.00844. The van der Waals surface area contributed by atoms with Gasteiger partial charge in [-0.05, 0) is 133 Å². The Morgan fingerprint density at radius 1 is 0.905 bits per heavy atom. The van der Waals surface area contributed by atoms with Gasteiger partial charge >= 0.3 is 5.97 Å². The molecule has 2 N–H and O–H groups in total. The van der Waals surface area contributed by atoms with Gasteiger partial charge in [-0.2, -0.15) is 0 Å². The van der Waals surface area contributed by atoms with Crippen LogP contribution in [0.15, 0.2) is 70.4 Å². The van der Waals surface area contributed by atoms with Crippen molar-refractivity contribution in [3.05, 3.63) is 71.8 Å². The third kappa shape index (κ3) is 16.3. The minimum atomic E-state index is -2.45. The second kappa shape index (κ2) is 29.1. The first-order valence-electron chi connectivity index (χ1n) is 27.4. The number of terminal acetylenes is 1. The maximum atomic E-state index is 14.6. The number of hydrogen-bond donors (Lipinski definition) is 2. The Morgan fingerprint density at radius 3 is 2.38 bits per heavy atom. The molecule has 15 atom stereocenters. The number of amides is 1. The Bertz CT molecular complexity index is 2170. The zero-order valence-corrected chi connectivity index (χ0v) is 45.7. The smallest absolute Gasteiger partial charge is 0.329 e. The quantitative estimate of drug-likeness (QED) is 0.0702. The molecule has 5 rings (SSSR count). The minimum Gasteiger partial charge on any atom is -0.469 e. The normalized spacial score (nSPS) is 36.8. The van der Waals surface area contributed by atoms with Crippen LogP contribution in [0.3, 0.4) is 0 Å². The molecule has 1 aromatic heterocycles. The molecule has 0 aromatic carbocycles. The van der Waals surface area contributed by atoms with E-state index in [1.54, 1.807) is 46.3 Å². The molecule has 74 heavy (non-hydrogen) atoms. The lowest BCUT2D eigenvalue weighted by Crippen LogP contribution is -2.60. The van der Waals surface area contributed by atoms with Gasteiger partial charge in [0, 0.05) is 63.9 Å². The van der Waals surface area contributed by atoms with Gasteiger partial charge in [0.1, 0.15) is 35.9 Å². The molecule has 1 unspecified atom stereocenters. The molecule has 14 heteroatoms. The van der Waals surface area contributed by atoms with Crippen molar-refractivity contribution >= 4 is 29.2 Å². The van der Waals surface area contributed by atoms with Gasteiger partial charge < -0.3 is 43.2 Å². The number of unbranched alkanes of at least 4 members (excludes halogenated alkanes) is 2. The van der Waals surface area contributed by atoms with Crippen LogP contribution in [-0.4, -0.2) is 120 Å². The lowest BCUT2D eigenvalue weighted by atomic mass is 9.78. The zero-order valence-electron chi connectivity index (χ0n) is 45.7. The molecule has 1 aliphatic carbocycles. The van der Waals surface area contributed by atoms with Crippen molar-refractivity contribution in [1.82, 2.24) is 4.90 Å². The zero-order chi connectivity index (χ0) is 54.1. The highest BCUT2D eigenvalue weighted by Gasteiger charge is 2.53. The highest BCUT2D eigenvalue weighted by Crippen LogP contribution is 2.40. The molecule has 4 heterocycles. The molecule has 2 saturated heterocycles. The molecule has 4 aliphatic rings. The van der Waals surface area contributed by atoms with Gasteiger partial charge in [-0.3, -0.25) is 19.2 Å². The number of aliphatic hydroxyl groups is 2. The summed E-state index contributed by atoms with van der Waals surface area (Å²) in [4.78, 5) is 73.0. The number of hydrogen-bond acceptors (Lipinski definition) is 13. The number of fused-ring (bicyclic) bond motifs is 3. The molecule has 0 radical (unpaired) electrons. The fraction of sp³-hybridized carbons (Fsp3) is 0.683. The van der Waals surface area contributed by atoms with Crippen LogP contribution in [0.4, 0.5) is 0 Å². The average Bonchev–Trinajstić information content (AvgIpc) is 3.93. The van der Waals surface area contributed by atoms with Crippen molar-refractivity contribution in [3.63, 3.8) is 0 Å². The molecule has 410 valence electrons. The summed E-state index contributed by atoms with van der Waals surface area (Å²) in [5.41, 5.74) is 1.34. The lowest BCUT2D eigenvalue weighted by molar-refractivity contribution is -0.264. The van der Waals surface area contributed by atoms with E-state index < -0.39 is 71.7 Å². The number of aliphatic hydroxyl groups excluding tert-OH is 1. The molecule has 1 amide bonds. The van der Waals surface area contributed by atoms with E-state index in [0.717, 1.165) is 31.3 Å². The van der Waals surface area contributed by atoms with Crippen LogP contribution in [-0.2, 0) is 47.7 Å². The summed E-state index contributed by atoms with van der Waals surface area (Å²) in [5, 5.41) is 23.7. The number of rotatable bonds is 11. The molecule has 3 aliphatic heterocycles. The summed E-state index contributed by atoms with van der Waals surface area (Å²) in [6, 6.07) is 2.53. The molecular formula is C60H87NO13. The molecule has 0 spiro atoms. The van der Waals surface area contributed by atoms with Crippen molar-refractivity contribution in [2.24, 2.45) is 35.5 Å². The van der Waals surface area contributed by atoms with Crippen LogP contribution in [0.2, 0.25) is 0 Å². The number of Topliss-reactive ketones (excluding diaryl/α,β-unsaturated/α-hetero) is 3. The summed E-state index contributed by atoms with van der Waals surface area (Å²) in [5.74, 6) is -4.83. The number of carbonyl (C=O) groups is 5. The summed E-state index contributed by atoms with van der Waals surface area (Å²) in [6.45, 7) is 13.5. The number of nitrogens with zero attached hydrogens (tertiary/aromatic N) is 1. The Balaban J connectivity index is 1.46. The molecular weight excluding hydrogens is 943 g/mol. The topological polar surface area (TPSA) is 188 Å². The van der Waals surface area contributed by atoms with E-state index in [1.165, 1.54) is 12.0 Å². The van der Waals surface area contributed by atoms with Crippen LogP contribution in [0.25, 0.3) is 0 Å². The third-order valence-corrected chi connectivity index (χ3v) is 16.2. The number of piperidine rings is 1. The number of ketones is 3. The maximum Gasteiger partial charge on any atom is 0.329 e. The first-order valence-corrected chi connectivity index (χ1v) is 27.4. The van der Waals surface area contributed by atoms with E-state index in [9.17, 15) is 34.2 Å². The second-order valence-electron chi connectivity index (χ2n) is 21.9. The van der Waals surface area contributed by atoms with Crippen LogP contribution in [0.1, 0.15) is 156 Å². The molecule has 3 fully saturated rings. The Hall–Kier alpha value is -4.49. The number of cyclic esters (lactones) is 1. The lowest BCUT2D eigenvalue weighted by Gasteiger charge is -2.42. The number of carbonyl (C=O) groups excluding carboxylic acids is 5. The average molecular weight is 1030 g/mol. The van der Waals surface area contributed by atoms with Crippen LogP contribution in [0.5, 0.6) is 0 Å². The third-order valence-electron chi connectivity index (χ3n) is 16.2. The van der Waals surface area contributed by atoms with Crippen molar-refractivity contribution in [2.45, 2.75) is 199 Å². The van der Waals surface area contributed by atoms with Gasteiger partial charge in [0.05, 0.1) is 24.6 Å². The monoisotopic (exact) mass is 1030 g/mol. The van der Waals surface area contributed by atoms with Crippen LogP contribution in [0, 0.1) is 47.9 Å². The number of methoxy groups -OCH3 is 2. The van der Waals surface area contributed by atoms with E-state index in [-0.39, 0.29) is 66.8 Å². The molecule has 14 nitrogen and oxygen atoms in total. The Kier molecular flexibility index (Phi) is 23.8. The highest BCUT2D eigenvalue weighted by atomic mass is 16.6. The number of esters is 1. The fourth-order valence-corrected chi connectivity index (χ4v) is 11.4. The Morgan fingerprint density at radius 2 is 1.68 bits per heavy atom. The summed E-state index contributed by atoms with van der Waals surface area (Å²) >= 11 is 0. The SMILES string of the molecule is C#CCCCCO[C@@H]1CC[C@@H](C[C@@H](C)[C@@H]2CC(=O)[C@H](C)/C=C(\C)[C@@H](O)[C@@H](OC)C(=O)[C@H](C)C[C@H](C)/C=C/C=C/C=C(\C)C(c3ccco3)C[C@@H]3CC[C@@H](C)[C@@](O)(O3)C(=O)C(=O)N3CCCC[C@H]3C(=O)O2)C[C@H]1OC. The van der Waals surface area contributed by atoms with Crippen molar-refractivity contribution in [1.29, 1.82) is 0 Å². The van der Waals surface area contributed by atoms with Crippen LogP contribution < -0.4 is 0 Å². The summed E-state index contributed by atoms with van der Waals surface area (Å²) < 4.78 is 36.4. The number of ether oxygens (including phenoxy) is 5. The van der Waals surface area contributed by atoms with Gasteiger partial charge in [-0.1, -0.05) is 76.6 Å². The highest BCUT2D eigenvalue weighted by molar-refractivity contribution is 6.39. The molecule has 1 saturated carbocycles. The molecule has 2 bridgehead atoms. The van der Waals surface area contributed by atoms with E-state index in [2.05, 4.69) is 5.92 Å². The second-order valence-corrected chi connectivity index (χ2v) is 21.9. The molecule has 1 aromatic rings. The van der Waals surface area contributed by atoms with Gasteiger partial charge in [0.25, 0.3) is 11.7 Å². The predicted octanol–water partition coefficient (Wildman–Crippen LogP) is 9.37. The predicted molar refractivity (Wildman–Crippen MR) is 282 cm³/mol. The van der Waals surface area contributed by atoms with Gasteiger partial charge in [0.2, 0.25) is 5.79 Å². The van der Waals surface area contributed by atoms with Gasteiger partial charge in [-0.15, -0.1) is 12.3 Å². The fourth-order valence-electron chi connectivity index (χ4n) is 11.4. The van der Waals surface area contributed by atoms with Crippen molar-refractivity contribution < 1.29 is 62.3 Å². The van der Waals surface area contributed by atoms with E-state index >= 15 is 0 Å². The standard InChI is InChI=1S/C60H87NO13/c1-11-12-13-19-30-72-51-28-26-45(35-53(51)69-9)34-41(5)52-37-49(62)40(4)33-43(7)55(64)56(70-10)54(63)42(6)32-38(2)21-15-14-16-22-39(3)47(50-24-20-31-71-50)36-46-27-25-44(8)60(68,74-46)57(65)58(66)61-29-18-17-23-48(61)59(67)73-52/h1,14-16,20-22,24,31,33,38,40-42,44-48,51-53,55-56,64,68H,12-13,17-19,23,25-30,32,34-37H2,2-10H3/b16-14+,21-15+,39-22+,43-33+/t38-,40-,41-,42-,44-,45+,46+,47?,48+,51-,52+,53-,55-,56+,60-/m1/s1. The summed E-state index contributed by atoms with van der Waals surface area (Å²) in [6.07, 6.45) is 22.5. The van der Waals surface area contributed by atoms with E-state index in [0.29, 0.717) is 75.7 Å². The van der Waals surface area contributed by atoms with Crippen molar-refractivity contribution in [3.8, 4) is 12.3 Å². The first-order chi connectivity index (χ1) is 35.3. The number of allylic oxidation sites excluding steroid dienone is 7. The maximum absolute atomic E-state index is 14.6. The van der Waals surface area contributed by atoms with E-state index in [1.807, 2.05) is 64.1 Å². The Labute approximate surface area is 441 Å². The van der Waals surface area contributed by atoms with Crippen molar-refractivity contribution in [2.75, 3.05) is 27.4 Å². The van der Waals surface area contributed by atoms with Gasteiger partial charge in [0.15, 0.2) is 5.78 Å². The van der Waals surface area contributed by atoms with Crippen LogP contribution >= 0.6 is 0 Å². The number of furan rings is 1. The summed E-state index contributed by atoms with van der Waals surface area (Å²) in [7, 11) is 3.07.